The van der Waals surface area contributed by atoms with Gasteiger partial charge < -0.3 is 14.8 Å². The zero-order chi connectivity index (χ0) is 27.9. The van der Waals surface area contributed by atoms with Gasteiger partial charge in [-0.2, -0.15) is 0 Å². The van der Waals surface area contributed by atoms with Crippen molar-refractivity contribution in [3.63, 3.8) is 0 Å². The van der Waals surface area contributed by atoms with Crippen LogP contribution in [0.3, 0.4) is 0 Å². The molecule has 9 nitrogen and oxygen atoms in total. The van der Waals surface area contributed by atoms with Gasteiger partial charge in [0.25, 0.3) is 5.16 Å². The molecule has 2 N–H and O–H groups in total. The zero-order valence-corrected chi connectivity index (χ0v) is 22.7. The highest BCUT2D eigenvalue weighted by Gasteiger charge is 2.30. The van der Waals surface area contributed by atoms with Crippen molar-refractivity contribution in [2.24, 2.45) is 0 Å². The van der Waals surface area contributed by atoms with Gasteiger partial charge in [0.05, 0.1) is 28.1 Å². The second kappa shape index (κ2) is 10.1. The summed E-state index contributed by atoms with van der Waals surface area (Å²) in [6, 6.07) is 19.1. The van der Waals surface area contributed by atoms with Crippen LogP contribution in [0.15, 0.2) is 83.0 Å². The van der Waals surface area contributed by atoms with Crippen LogP contribution in [0.25, 0.3) is 21.9 Å². The number of benzene rings is 3. The third-order valence-electron chi connectivity index (χ3n) is 6.36. The maximum atomic E-state index is 14.8. The molecule has 0 aliphatic rings. The minimum atomic E-state index is -4.24. The Balaban J connectivity index is 1.80. The molecule has 0 saturated carbocycles. The SMILES string of the molecule is CB(O)N(C)c1cc(F)cc2c1[nH]c1nc(S(=O)(=O)Cc3ccccc3)nc(S(=O)(=O)Cc3ccccc3)c12. The van der Waals surface area contributed by atoms with Crippen LogP contribution in [-0.4, -0.2) is 50.9 Å². The number of rotatable bonds is 8. The lowest BCUT2D eigenvalue weighted by Crippen LogP contribution is -2.33. The van der Waals surface area contributed by atoms with Gasteiger partial charge in [-0.3, -0.25) is 0 Å². The zero-order valence-electron chi connectivity index (χ0n) is 21.0. The Hall–Kier alpha value is -3.81. The van der Waals surface area contributed by atoms with Crippen LogP contribution in [0.1, 0.15) is 11.1 Å². The van der Waals surface area contributed by atoms with E-state index in [0.29, 0.717) is 11.1 Å². The van der Waals surface area contributed by atoms with E-state index in [9.17, 15) is 26.3 Å². The van der Waals surface area contributed by atoms with Crippen molar-refractivity contribution in [1.82, 2.24) is 15.0 Å². The normalized spacial score (nSPS) is 12.2. The molecular formula is C26H24BFN4O5S2. The fourth-order valence-corrected chi connectivity index (χ4v) is 7.15. The molecule has 0 aliphatic carbocycles. The van der Waals surface area contributed by atoms with Gasteiger partial charge in [0.15, 0.2) is 5.03 Å². The number of hydrogen-bond donors (Lipinski definition) is 2. The molecule has 3 aromatic carbocycles. The van der Waals surface area contributed by atoms with Crippen LogP contribution in [0.4, 0.5) is 10.1 Å². The van der Waals surface area contributed by atoms with E-state index in [1.165, 1.54) is 17.7 Å². The lowest BCUT2D eigenvalue weighted by Gasteiger charge is -2.20. The highest BCUT2D eigenvalue weighted by atomic mass is 32.2. The third-order valence-corrected chi connectivity index (χ3v) is 9.41. The standard InChI is InChI=1S/C26H24BFN4O5S2/c1-27(33)32(2)21-14-19(28)13-20-22-24(29-23(20)21)30-26(39(36,37)16-18-11-7-4-8-12-18)31-25(22)38(34,35)15-17-9-5-3-6-10-17/h3-14,33H,15-16H2,1-2H3,(H,29,30,31). The summed E-state index contributed by atoms with van der Waals surface area (Å²) in [7, 11) is -7.88. The Bertz CT molecular complexity index is 1900. The molecular weight excluding hydrogens is 542 g/mol. The van der Waals surface area contributed by atoms with Crippen molar-refractivity contribution in [3.05, 3.63) is 89.7 Å². The average Bonchev–Trinajstić information content (AvgIpc) is 3.26. The Morgan fingerprint density at radius 3 is 2.03 bits per heavy atom. The summed E-state index contributed by atoms with van der Waals surface area (Å²) in [5, 5.41) is 9.05. The predicted octanol–water partition coefficient (Wildman–Crippen LogP) is 3.74. The first-order chi connectivity index (χ1) is 18.5. The molecule has 0 atom stereocenters. The Kier molecular flexibility index (Phi) is 6.91. The Labute approximate surface area is 225 Å². The van der Waals surface area contributed by atoms with Crippen molar-refractivity contribution in [3.8, 4) is 0 Å². The van der Waals surface area contributed by atoms with Crippen molar-refractivity contribution in [2.45, 2.75) is 28.5 Å². The van der Waals surface area contributed by atoms with Crippen LogP contribution in [0.2, 0.25) is 6.82 Å². The number of H-pyrrole nitrogens is 1. The summed E-state index contributed by atoms with van der Waals surface area (Å²) < 4.78 is 69.1. The van der Waals surface area contributed by atoms with E-state index < -0.39 is 54.2 Å². The highest BCUT2D eigenvalue weighted by Crippen LogP contribution is 2.37. The van der Waals surface area contributed by atoms with Gasteiger partial charge in [-0.15, -0.1) is 0 Å². The van der Waals surface area contributed by atoms with Gasteiger partial charge >= 0.3 is 7.05 Å². The molecule has 0 spiro atoms. The molecule has 39 heavy (non-hydrogen) atoms. The number of fused-ring (bicyclic) bond motifs is 3. The lowest BCUT2D eigenvalue weighted by molar-refractivity contribution is 0.574. The summed E-state index contributed by atoms with van der Waals surface area (Å²) in [4.78, 5) is 12.7. The van der Waals surface area contributed by atoms with Gasteiger partial charge in [-0.05, 0) is 37.1 Å². The summed E-state index contributed by atoms with van der Waals surface area (Å²) in [5.41, 5.74) is 1.38. The smallest absolute Gasteiger partial charge is 0.409 e. The fourth-order valence-electron chi connectivity index (χ4n) is 4.36. The minimum Gasteiger partial charge on any atom is -0.432 e. The van der Waals surface area contributed by atoms with Crippen molar-refractivity contribution >= 4 is 54.3 Å². The topological polar surface area (TPSA) is 133 Å². The molecule has 2 aromatic heterocycles. The first-order valence-electron chi connectivity index (χ1n) is 11.9. The number of anilines is 1. The first-order valence-corrected chi connectivity index (χ1v) is 15.2. The summed E-state index contributed by atoms with van der Waals surface area (Å²) in [6.07, 6.45) is 0. The molecule has 0 amide bonds. The van der Waals surface area contributed by atoms with Gasteiger partial charge in [0.2, 0.25) is 19.7 Å². The van der Waals surface area contributed by atoms with E-state index in [-0.39, 0.29) is 27.6 Å². The van der Waals surface area contributed by atoms with Crippen LogP contribution < -0.4 is 4.81 Å². The van der Waals surface area contributed by atoms with Crippen molar-refractivity contribution in [1.29, 1.82) is 0 Å². The molecule has 2 heterocycles. The maximum Gasteiger partial charge on any atom is 0.409 e. The number of nitrogens with zero attached hydrogens (tertiary/aromatic N) is 3. The number of aromatic nitrogens is 3. The van der Waals surface area contributed by atoms with Gasteiger partial charge in [-0.25, -0.2) is 31.2 Å². The molecule has 0 bridgehead atoms. The molecule has 13 heteroatoms. The number of nitrogens with one attached hydrogen (secondary N) is 1. The highest BCUT2D eigenvalue weighted by molar-refractivity contribution is 7.91. The summed E-state index contributed by atoms with van der Waals surface area (Å²) >= 11 is 0. The Morgan fingerprint density at radius 1 is 0.897 bits per heavy atom. The molecule has 0 unspecified atom stereocenters. The summed E-state index contributed by atoms with van der Waals surface area (Å²) in [6.45, 7) is 1.49. The predicted molar refractivity (Wildman–Crippen MR) is 148 cm³/mol. The summed E-state index contributed by atoms with van der Waals surface area (Å²) in [5.74, 6) is -1.58. The van der Waals surface area contributed by atoms with Gasteiger partial charge in [0, 0.05) is 5.39 Å². The van der Waals surface area contributed by atoms with Gasteiger partial charge in [-0.1, -0.05) is 60.7 Å². The number of hydrogen-bond acceptors (Lipinski definition) is 8. The van der Waals surface area contributed by atoms with Gasteiger partial charge in [0.1, 0.15) is 11.5 Å². The molecule has 200 valence electrons. The largest absolute Gasteiger partial charge is 0.432 e. The molecule has 0 aliphatic heterocycles. The third kappa shape index (κ3) is 5.25. The minimum absolute atomic E-state index is 0.0284. The quantitative estimate of drug-likeness (QED) is 0.165. The molecule has 0 radical (unpaired) electrons. The van der Waals surface area contributed by atoms with E-state index in [1.807, 2.05) is 0 Å². The number of sulfone groups is 2. The second-order valence-corrected chi connectivity index (χ2v) is 13.0. The molecule has 0 fully saturated rings. The van der Waals surface area contributed by atoms with Crippen molar-refractivity contribution in [2.75, 3.05) is 11.9 Å². The van der Waals surface area contributed by atoms with E-state index in [4.69, 9.17) is 0 Å². The fraction of sp³-hybridized carbons (Fsp3) is 0.154. The molecule has 5 rings (SSSR count). The Morgan fingerprint density at radius 2 is 1.46 bits per heavy atom. The molecule has 5 aromatic rings. The van der Waals surface area contributed by atoms with Crippen LogP contribution in [0.5, 0.6) is 0 Å². The van der Waals surface area contributed by atoms with Crippen LogP contribution in [0, 0.1) is 5.82 Å². The van der Waals surface area contributed by atoms with Crippen molar-refractivity contribution < 1.29 is 26.3 Å². The second-order valence-electron chi connectivity index (χ2n) is 9.24. The van der Waals surface area contributed by atoms with E-state index in [1.54, 1.807) is 67.7 Å². The lowest BCUT2D eigenvalue weighted by atomic mass is 9.85. The monoisotopic (exact) mass is 566 g/mol. The number of aromatic amines is 1. The van der Waals surface area contributed by atoms with E-state index >= 15 is 0 Å². The average molecular weight is 566 g/mol. The van der Waals surface area contributed by atoms with E-state index in [0.717, 1.165) is 6.07 Å². The van der Waals surface area contributed by atoms with Crippen LogP contribution in [-0.2, 0) is 31.2 Å². The van der Waals surface area contributed by atoms with Crippen LogP contribution >= 0.6 is 0 Å². The molecule has 0 saturated heterocycles. The first kappa shape index (κ1) is 26.8. The number of halogens is 1. The van der Waals surface area contributed by atoms with E-state index in [2.05, 4.69) is 15.0 Å². The maximum absolute atomic E-state index is 14.8.